The molecule has 2 rings (SSSR count). The van der Waals surface area contributed by atoms with E-state index in [9.17, 15) is 14.4 Å². The molecule has 0 bridgehead atoms. The van der Waals surface area contributed by atoms with E-state index in [-0.39, 0.29) is 29.6 Å². The summed E-state index contributed by atoms with van der Waals surface area (Å²) in [6, 6.07) is 12.9. The van der Waals surface area contributed by atoms with Crippen molar-refractivity contribution >= 4 is 23.5 Å². The molecule has 0 saturated heterocycles. The molecule has 0 spiro atoms. The Morgan fingerprint density at radius 2 is 1.64 bits per heavy atom. The van der Waals surface area contributed by atoms with Gasteiger partial charge in [-0.1, -0.05) is 12.1 Å². The Kier molecular flexibility index (Phi) is 7.71. The molecule has 0 aromatic heterocycles. The van der Waals surface area contributed by atoms with Gasteiger partial charge in [-0.05, 0) is 36.4 Å². The van der Waals surface area contributed by atoms with E-state index in [0.29, 0.717) is 17.9 Å². The Balaban J connectivity index is 2.01. The molecule has 0 atom stereocenters. The summed E-state index contributed by atoms with van der Waals surface area (Å²) in [4.78, 5) is 36.8. The topological polar surface area (TPSA) is 86.1 Å². The number of nitrogens with one attached hydrogen (secondary N) is 2. The number of rotatable bonds is 8. The van der Waals surface area contributed by atoms with Gasteiger partial charge in [-0.3, -0.25) is 9.59 Å². The van der Waals surface area contributed by atoms with Crippen LogP contribution in [0.2, 0.25) is 0 Å². The maximum Gasteiger partial charge on any atom is 0.347 e. The van der Waals surface area contributed by atoms with Gasteiger partial charge in [0, 0.05) is 19.0 Å². The summed E-state index contributed by atoms with van der Waals surface area (Å²) in [7, 11) is 4.03. The lowest BCUT2D eigenvalue weighted by Gasteiger charge is -2.11. The zero-order valence-corrected chi connectivity index (χ0v) is 16.3. The minimum atomic E-state index is -0.631. The van der Waals surface area contributed by atoms with E-state index < -0.39 is 5.97 Å². The maximum absolute atomic E-state index is 12.5. The number of esters is 2. The summed E-state index contributed by atoms with van der Waals surface area (Å²) < 4.78 is 10.7. The summed E-state index contributed by atoms with van der Waals surface area (Å²) in [5.74, 6) is -0.721. The zero-order chi connectivity index (χ0) is 20.5. The molecule has 0 saturated carbocycles. The van der Waals surface area contributed by atoms with E-state index in [1.165, 1.54) is 11.8 Å². The fraction of sp³-hybridized carbons (Fsp3) is 0.286. The standard InChI is InChI=1S/C21H24N2O5/c1-15(24)22-16-10-12-17(13-11-16)27-21(26)18-7-4-5-8-19(18)28-20(25)9-6-14-23(2)3/h4-5,7-8,10-13H,6,9,14H2,1-3H3,(H,22,24)/p+1. The van der Waals surface area contributed by atoms with Crippen molar-refractivity contribution in [1.82, 2.24) is 0 Å². The maximum atomic E-state index is 12.5. The molecule has 7 nitrogen and oxygen atoms in total. The third-order valence-corrected chi connectivity index (χ3v) is 3.77. The third kappa shape index (κ3) is 6.85. The number of para-hydroxylation sites is 1. The highest BCUT2D eigenvalue weighted by atomic mass is 16.5. The SMILES string of the molecule is CC(=O)Nc1ccc(OC(=O)c2ccccc2OC(=O)CCC[NH+](C)C)cc1. The minimum absolute atomic E-state index is 0.167. The van der Waals surface area contributed by atoms with Crippen LogP contribution in [0.4, 0.5) is 5.69 Å². The number of amides is 1. The van der Waals surface area contributed by atoms with Gasteiger partial charge in [0.05, 0.1) is 27.1 Å². The zero-order valence-electron chi connectivity index (χ0n) is 16.3. The normalized spacial score (nSPS) is 10.4. The van der Waals surface area contributed by atoms with Crippen LogP contribution in [0.1, 0.15) is 30.1 Å². The first-order valence-electron chi connectivity index (χ1n) is 9.03. The number of hydrogen-bond acceptors (Lipinski definition) is 5. The van der Waals surface area contributed by atoms with Crippen LogP contribution < -0.4 is 19.7 Å². The molecular formula is C21H25N2O5+. The first-order chi connectivity index (χ1) is 13.3. The molecule has 7 heteroatoms. The van der Waals surface area contributed by atoms with Crippen molar-refractivity contribution in [2.45, 2.75) is 19.8 Å². The summed E-state index contributed by atoms with van der Waals surface area (Å²) in [6.07, 6.45) is 0.980. The van der Waals surface area contributed by atoms with Gasteiger partial charge < -0.3 is 19.7 Å². The lowest BCUT2D eigenvalue weighted by atomic mass is 10.2. The molecule has 1 amide bonds. The van der Waals surface area contributed by atoms with Crippen LogP contribution in [0.15, 0.2) is 48.5 Å². The highest BCUT2D eigenvalue weighted by molar-refractivity contribution is 5.95. The molecule has 28 heavy (non-hydrogen) atoms. The number of hydrogen-bond donors (Lipinski definition) is 2. The fourth-order valence-electron chi connectivity index (χ4n) is 2.46. The van der Waals surface area contributed by atoms with Gasteiger partial charge in [0.2, 0.25) is 5.91 Å². The number of benzene rings is 2. The lowest BCUT2D eigenvalue weighted by Crippen LogP contribution is -3.05. The monoisotopic (exact) mass is 385 g/mol. The quantitative estimate of drug-likeness (QED) is 0.534. The van der Waals surface area contributed by atoms with E-state index >= 15 is 0 Å². The van der Waals surface area contributed by atoms with Gasteiger partial charge in [0.25, 0.3) is 0 Å². The second-order valence-electron chi connectivity index (χ2n) is 6.63. The first kappa shape index (κ1) is 21.1. The second kappa shape index (κ2) is 10.2. The van der Waals surface area contributed by atoms with Crippen LogP contribution in [0.5, 0.6) is 11.5 Å². The van der Waals surface area contributed by atoms with Gasteiger partial charge in [-0.25, -0.2) is 4.79 Å². The molecule has 0 fully saturated rings. The summed E-state index contributed by atoms with van der Waals surface area (Å²) >= 11 is 0. The molecular weight excluding hydrogens is 360 g/mol. The molecule has 2 N–H and O–H groups in total. The van der Waals surface area contributed by atoms with Crippen molar-refractivity contribution in [2.24, 2.45) is 0 Å². The van der Waals surface area contributed by atoms with E-state index in [1.807, 2.05) is 14.1 Å². The van der Waals surface area contributed by atoms with E-state index in [0.717, 1.165) is 6.54 Å². The number of quaternary nitrogens is 1. The van der Waals surface area contributed by atoms with E-state index in [1.54, 1.807) is 48.5 Å². The predicted molar refractivity (Wildman–Crippen MR) is 105 cm³/mol. The van der Waals surface area contributed by atoms with Crippen molar-refractivity contribution < 1.29 is 28.8 Å². The molecule has 2 aromatic rings. The van der Waals surface area contributed by atoms with Crippen molar-refractivity contribution in [3.63, 3.8) is 0 Å². The van der Waals surface area contributed by atoms with E-state index in [4.69, 9.17) is 9.47 Å². The Labute approximate surface area is 164 Å². The number of carbonyl (C=O) groups is 3. The van der Waals surface area contributed by atoms with Gasteiger partial charge in [-0.2, -0.15) is 0 Å². The van der Waals surface area contributed by atoms with Gasteiger partial charge in [-0.15, -0.1) is 0 Å². The van der Waals surface area contributed by atoms with Crippen molar-refractivity contribution in [1.29, 1.82) is 0 Å². The first-order valence-corrected chi connectivity index (χ1v) is 9.03. The number of anilines is 1. The number of ether oxygens (including phenoxy) is 2. The molecule has 2 aromatic carbocycles. The van der Waals surface area contributed by atoms with Crippen LogP contribution in [0.25, 0.3) is 0 Å². The van der Waals surface area contributed by atoms with Crippen LogP contribution in [-0.2, 0) is 9.59 Å². The van der Waals surface area contributed by atoms with Crippen molar-refractivity contribution in [3.8, 4) is 11.5 Å². The Morgan fingerprint density at radius 1 is 0.964 bits per heavy atom. The predicted octanol–water partition coefficient (Wildman–Crippen LogP) is 1.69. The van der Waals surface area contributed by atoms with Gasteiger partial charge in [0.1, 0.15) is 17.1 Å². The second-order valence-corrected chi connectivity index (χ2v) is 6.63. The van der Waals surface area contributed by atoms with Crippen LogP contribution in [0.3, 0.4) is 0 Å². The van der Waals surface area contributed by atoms with E-state index in [2.05, 4.69) is 5.32 Å². The van der Waals surface area contributed by atoms with Crippen LogP contribution in [0, 0.1) is 0 Å². The molecule has 0 aliphatic heterocycles. The average molecular weight is 385 g/mol. The van der Waals surface area contributed by atoms with Gasteiger partial charge >= 0.3 is 11.9 Å². The third-order valence-electron chi connectivity index (χ3n) is 3.77. The van der Waals surface area contributed by atoms with Crippen LogP contribution in [-0.4, -0.2) is 38.5 Å². The highest BCUT2D eigenvalue weighted by Gasteiger charge is 2.17. The summed E-state index contributed by atoms with van der Waals surface area (Å²) in [5, 5.41) is 2.63. The molecule has 0 radical (unpaired) electrons. The largest absolute Gasteiger partial charge is 0.426 e. The lowest BCUT2D eigenvalue weighted by molar-refractivity contribution is -0.858. The molecule has 148 valence electrons. The minimum Gasteiger partial charge on any atom is -0.426 e. The average Bonchev–Trinajstić information content (AvgIpc) is 2.63. The van der Waals surface area contributed by atoms with Crippen molar-refractivity contribution in [2.75, 3.05) is 26.0 Å². The highest BCUT2D eigenvalue weighted by Crippen LogP contribution is 2.22. The Morgan fingerprint density at radius 3 is 2.29 bits per heavy atom. The van der Waals surface area contributed by atoms with Gasteiger partial charge in [0.15, 0.2) is 0 Å². The molecule has 0 heterocycles. The Bertz CT molecular complexity index is 831. The summed E-state index contributed by atoms with van der Waals surface area (Å²) in [5.41, 5.74) is 0.765. The summed E-state index contributed by atoms with van der Waals surface area (Å²) in [6.45, 7) is 2.26. The molecule has 0 aliphatic rings. The Hall–Kier alpha value is -3.19. The smallest absolute Gasteiger partial charge is 0.347 e. The van der Waals surface area contributed by atoms with Crippen molar-refractivity contribution in [3.05, 3.63) is 54.1 Å². The number of carbonyl (C=O) groups excluding carboxylic acids is 3. The van der Waals surface area contributed by atoms with Crippen LogP contribution >= 0.6 is 0 Å². The molecule has 0 aliphatic carbocycles. The fourth-order valence-corrected chi connectivity index (χ4v) is 2.46. The molecule has 0 unspecified atom stereocenters.